The van der Waals surface area contributed by atoms with E-state index in [2.05, 4.69) is 0 Å². The molecule has 0 unspecified atom stereocenters. The fraction of sp³-hybridized carbons (Fsp3) is 0.571. The highest BCUT2D eigenvalue weighted by molar-refractivity contribution is 5.25. The highest BCUT2D eigenvalue weighted by Gasteiger charge is 2.54. The second-order valence-electron chi connectivity index (χ2n) is 5.41. The fourth-order valence-electron chi connectivity index (χ4n) is 2.30. The van der Waals surface area contributed by atoms with Gasteiger partial charge in [0.05, 0.1) is 0 Å². The number of halogens is 3. The second-order valence-corrected chi connectivity index (χ2v) is 5.41. The molecule has 0 heterocycles. The molecule has 0 aliphatic heterocycles. The van der Waals surface area contributed by atoms with Gasteiger partial charge in [-0.15, -0.1) is 0 Å². The summed E-state index contributed by atoms with van der Waals surface area (Å²) in [6, 6.07) is 9.77. The van der Waals surface area contributed by atoms with Crippen molar-refractivity contribution in [3.8, 4) is 0 Å². The molecule has 1 N–H and O–H groups in total. The summed E-state index contributed by atoms with van der Waals surface area (Å²) < 4.78 is 38.0. The molecule has 0 saturated heterocycles. The highest BCUT2D eigenvalue weighted by Crippen LogP contribution is 2.48. The van der Waals surface area contributed by atoms with E-state index in [4.69, 9.17) is 0 Å². The number of rotatable bonds is 4. The van der Waals surface area contributed by atoms with Crippen LogP contribution in [0.1, 0.15) is 24.8 Å². The summed E-state index contributed by atoms with van der Waals surface area (Å²) in [5.74, 6) is 0.494. The molecule has 0 amide bonds. The zero-order valence-electron chi connectivity index (χ0n) is 11.0. The van der Waals surface area contributed by atoms with Gasteiger partial charge in [-0.3, -0.25) is 4.90 Å². The van der Waals surface area contributed by atoms with E-state index in [0.29, 0.717) is 5.92 Å². The van der Waals surface area contributed by atoms with Crippen molar-refractivity contribution in [1.82, 2.24) is 4.90 Å². The first-order valence-corrected chi connectivity index (χ1v) is 6.29. The molecule has 1 aliphatic rings. The Bertz CT molecular complexity index is 430. The maximum Gasteiger partial charge on any atom is 0.430 e. The van der Waals surface area contributed by atoms with Crippen LogP contribution in [0.3, 0.4) is 0 Å². The zero-order valence-corrected chi connectivity index (χ0v) is 11.0. The monoisotopic (exact) mass is 273 g/mol. The van der Waals surface area contributed by atoms with Crippen molar-refractivity contribution >= 4 is 0 Å². The van der Waals surface area contributed by atoms with Crippen LogP contribution in [0.25, 0.3) is 0 Å². The highest BCUT2D eigenvalue weighted by atomic mass is 19.4. The van der Waals surface area contributed by atoms with Crippen LogP contribution in [0.15, 0.2) is 30.3 Å². The Hall–Kier alpha value is -1.07. The molecule has 106 valence electrons. The van der Waals surface area contributed by atoms with Crippen molar-refractivity contribution < 1.29 is 18.3 Å². The Labute approximate surface area is 110 Å². The van der Waals surface area contributed by atoms with E-state index in [-0.39, 0.29) is 12.5 Å². The number of aliphatic hydroxyl groups is 1. The fourth-order valence-corrected chi connectivity index (χ4v) is 2.30. The largest absolute Gasteiger partial charge is 0.430 e. The van der Waals surface area contributed by atoms with Crippen molar-refractivity contribution in [2.24, 2.45) is 5.92 Å². The Morgan fingerprint density at radius 3 is 2.37 bits per heavy atom. The molecule has 2 rings (SSSR count). The minimum absolute atomic E-state index is 0.182. The normalized spacial score (nSPS) is 26.3. The first kappa shape index (κ1) is 14.3. The third-order valence-corrected chi connectivity index (χ3v) is 3.94. The third kappa shape index (κ3) is 2.92. The summed E-state index contributed by atoms with van der Waals surface area (Å²) in [5, 5.41) is 9.55. The molecule has 1 saturated carbocycles. The molecule has 1 fully saturated rings. The lowest BCUT2D eigenvalue weighted by Crippen LogP contribution is -2.55. The molecule has 0 radical (unpaired) electrons. The Morgan fingerprint density at radius 2 is 1.84 bits per heavy atom. The average molecular weight is 273 g/mol. The van der Waals surface area contributed by atoms with Crippen LogP contribution in [-0.4, -0.2) is 35.5 Å². The number of alkyl halides is 3. The third-order valence-electron chi connectivity index (χ3n) is 3.94. The van der Waals surface area contributed by atoms with Gasteiger partial charge in [0.25, 0.3) is 0 Å². The van der Waals surface area contributed by atoms with E-state index in [9.17, 15) is 18.3 Å². The van der Waals surface area contributed by atoms with E-state index in [1.54, 1.807) is 0 Å². The van der Waals surface area contributed by atoms with Gasteiger partial charge in [-0.05, 0) is 37.8 Å². The Morgan fingerprint density at radius 1 is 1.26 bits per heavy atom. The van der Waals surface area contributed by atoms with Gasteiger partial charge in [-0.2, -0.15) is 13.2 Å². The molecule has 5 heteroatoms. The molecule has 1 aromatic carbocycles. The van der Waals surface area contributed by atoms with Crippen molar-refractivity contribution in [3.63, 3.8) is 0 Å². The molecule has 2 nitrogen and oxygen atoms in total. The summed E-state index contributed by atoms with van der Waals surface area (Å²) in [5.41, 5.74) is -1.61. The summed E-state index contributed by atoms with van der Waals surface area (Å²) in [7, 11) is 1.31. The summed E-state index contributed by atoms with van der Waals surface area (Å²) in [4.78, 5) is 0.987. The SMILES string of the molecule is CN(C[C@@H]1C[C@H]1c1ccccc1)[C@@](C)(O)C(F)(F)F. The Kier molecular flexibility index (Phi) is 3.62. The van der Waals surface area contributed by atoms with Gasteiger partial charge < -0.3 is 5.11 Å². The maximum atomic E-state index is 12.7. The van der Waals surface area contributed by atoms with Crippen LogP contribution in [0.5, 0.6) is 0 Å². The zero-order chi connectivity index (χ0) is 14.3. The van der Waals surface area contributed by atoms with Crippen molar-refractivity contribution in [2.75, 3.05) is 13.6 Å². The van der Waals surface area contributed by atoms with E-state index >= 15 is 0 Å². The molecule has 1 aliphatic carbocycles. The average Bonchev–Trinajstić information content (AvgIpc) is 3.08. The van der Waals surface area contributed by atoms with Crippen LogP contribution in [0.2, 0.25) is 0 Å². The van der Waals surface area contributed by atoms with Crippen LogP contribution in [-0.2, 0) is 0 Å². The molecule has 1 aromatic rings. The minimum atomic E-state index is -4.64. The predicted molar refractivity (Wildman–Crippen MR) is 66.6 cm³/mol. The topological polar surface area (TPSA) is 23.5 Å². The molecular weight excluding hydrogens is 255 g/mol. The molecular formula is C14H18F3NO. The van der Waals surface area contributed by atoms with Crippen molar-refractivity contribution in [3.05, 3.63) is 35.9 Å². The lowest BCUT2D eigenvalue weighted by Gasteiger charge is -2.35. The van der Waals surface area contributed by atoms with Crippen LogP contribution in [0.4, 0.5) is 13.2 Å². The quantitative estimate of drug-likeness (QED) is 0.852. The predicted octanol–water partition coefficient (Wildman–Crippen LogP) is 2.99. The molecule has 0 bridgehead atoms. The summed E-state index contributed by atoms with van der Waals surface area (Å²) in [6.45, 7) is 1.04. The Balaban J connectivity index is 1.94. The molecule has 0 spiro atoms. The molecule has 19 heavy (non-hydrogen) atoms. The second kappa shape index (κ2) is 4.80. The van der Waals surface area contributed by atoms with Gasteiger partial charge >= 0.3 is 6.18 Å². The lowest BCUT2D eigenvalue weighted by atomic mass is 10.1. The van der Waals surface area contributed by atoms with Crippen molar-refractivity contribution in [2.45, 2.75) is 31.2 Å². The summed E-state index contributed by atoms with van der Waals surface area (Å²) >= 11 is 0. The van der Waals surface area contributed by atoms with E-state index in [1.165, 1.54) is 7.05 Å². The van der Waals surface area contributed by atoms with E-state index < -0.39 is 11.9 Å². The van der Waals surface area contributed by atoms with Crippen molar-refractivity contribution in [1.29, 1.82) is 0 Å². The lowest BCUT2D eigenvalue weighted by molar-refractivity contribution is -0.304. The number of hydrogen-bond donors (Lipinski definition) is 1. The molecule has 0 aromatic heterocycles. The number of hydrogen-bond acceptors (Lipinski definition) is 2. The van der Waals surface area contributed by atoms with Crippen LogP contribution >= 0.6 is 0 Å². The maximum absolute atomic E-state index is 12.7. The van der Waals surface area contributed by atoms with Gasteiger partial charge in [0.15, 0.2) is 0 Å². The van der Waals surface area contributed by atoms with Gasteiger partial charge in [0.2, 0.25) is 5.72 Å². The molecule has 3 atom stereocenters. The standard InChI is InChI=1S/C14H18F3NO/c1-13(19,14(15,16)17)18(2)9-11-8-12(11)10-6-4-3-5-7-10/h3-7,11-12,19H,8-9H2,1-2H3/t11-,12-,13-/m0/s1. The first-order chi connectivity index (χ1) is 8.73. The van der Waals surface area contributed by atoms with Gasteiger partial charge in [0.1, 0.15) is 0 Å². The number of benzene rings is 1. The van der Waals surface area contributed by atoms with Crippen LogP contribution in [0, 0.1) is 5.92 Å². The van der Waals surface area contributed by atoms with Crippen LogP contribution < -0.4 is 0 Å². The van der Waals surface area contributed by atoms with E-state index in [1.807, 2.05) is 30.3 Å². The smallest absolute Gasteiger partial charge is 0.368 e. The first-order valence-electron chi connectivity index (χ1n) is 6.29. The van der Waals surface area contributed by atoms with Gasteiger partial charge in [-0.1, -0.05) is 30.3 Å². The van der Waals surface area contributed by atoms with Gasteiger partial charge in [0, 0.05) is 6.54 Å². The number of nitrogens with zero attached hydrogens (tertiary/aromatic N) is 1. The minimum Gasteiger partial charge on any atom is -0.368 e. The van der Waals surface area contributed by atoms with E-state index in [0.717, 1.165) is 23.8 Å². The van der Waals surface area contributed by atoms with Gasteiger partial charge in [-0.25, -0.2) is 0 Å². The summed E-state index contributed by atoms with van der Waals surface area (Å²) in [6.07, 6.45) is -3.76.